The Kier molecular flexibility index (Phi) is 6.52. The van der Waals surface area contributed by atoms with Crippen molar-refractivity contribution in [3.05, 3.63) is 22.7 Å². The van der Waals surface area contributed by atoms with Gasteiger partial charge >= 0.3 is 0 Å². The fourth-order valence-corrected chi connectivity index (χ4v) is 2.70. The van der Waals surface area contributed by atoms with E-state index in [4.69, 9.17) is 21.1 Å². The predicted molar refractivity (Wildman–Crippen MR) is 88.4 cm³/mol. The molecule has 0 amide bonds. The Morgan fingerprint density at radius 3 is 2.50 bits per heavy atom. The second kappa shape index (κ2) is 8.39. The van der Waals surface area contributed by atoms with Crippen LogP contribution < -0.4 is 14.8 Å². The van der Waals surface area contributed by atoms with Crippen molar-refractivity contribution in [2.24, 2.45) is 0 Å². The molecule has 1 N–H and O–H groups in total. The summed E-state index contributed by atoms with van der Waals surface area (Å²) in [5, 5.41) is 3.68. The van der Waals surface area contributed by atoms with Crippen molar-refractivity contribution in [1.82, 2.24) is 5.32 Å². The number of Topliss-reactive ketones (excluding diaryl/α,β-unsaturated/α-hetero) is 1. The highest BCUT2D eigenvalue weighted by Crippen LogP contribution is 2.34. The molecule has 0 aliphatic carbocycles. The first-order valence-electron chi connectivity index (χ1n) is 8.04. The molecule has 122 valence electrons. The number of benzene rings is 1. The Morgan fingerprint density at radius 1 is 1.23 bits per heavy atom. The molecule has 0 radical (unpaired) electrons. The summed E-state index contributed by atoms with van der Waals surface area (Å²) in [5.74, 6) is 1.19. The molecule has 2 rings (SSSR count). The Balaban J connectivity index is 2.28. The summed E-state index contributed by atoms with van der Waals surface area (Å²) in [4.78, 5) is 12.7. The number of nitrogens with one attached hydrogen (secondary N) is 1. The van der Waals surface area contributed by atoms with Gasteiger partial charge in [0, 0.05) is 6.07 Å². The second-order valence-electron chi connectivity index (χ2n) is 5.49. The van der Waals surface area contributed by atoms with Crippen LogP contribution in [0.2, 0.25) is 5.02 Å². The fraction of sp³-hybridized carbons (Fsp3) is 0.588. The second-order valence-corrected chi connectivity index (χ2v) is 5.90. The van der Waals surface area contributed by atoms with Crippen LogP contribution in [0.3, 0.4) is 0 Å². The van der Waals surface area contributed by atoms with E-state index >= 15 is 0 Å². The average molecular weight is 326 g/mol. The highest BCUT2D eigenvalue weighted by Gasteiger charge is 2.27. The Bertz CT molecular complexity index is 513. The molecular weight excluding hydrogens is 302 g/mol. The van der Waals surface area contributed by atoms with Crippen molar-refractivity contribution < 1.29 is 14.3 Å². The van der Waals surface area contributed by atoms with Crippen molar-refractivity contribution in [3.8, 4) is 11.5 Å². The van der Waals surface area contributed by atoms with Crippen LogP contribution in [-0.2, 0) is 0 Å². The minimum atomic E-state index is -0.137. The number of carbonyl (C=O) groups is 1. The first kappa shape index (κ1) is 17.1. The Morgan fingerprint density at radius 2 is 1.91 bits per heavy atom. The van der Waals surface area contributed by atoms with Gasteiger partial charge in [0.1, 0.15) is 11.5 Å². The molecule has 22 heavy (non-hydrogen) atoms. The van der Waals surface area contributed by atoms with Crippen molar-refractivity contribution in [2.45, 2.75) is 45.6 Å². The molecule has 1 aromatic rings. The third-order valence-corrected chi connectivity index (χ3v) is 3.90. The lowest BCUT2D eigenvalue weighted by atomic mass is 10.0. The van der Waals surface area contributed by atoms with Crippen molar-refractivity contribution in [3.63, 3.8) is 0 Å². The lowest BCUT2D eigenvalue weighted by Crippen LogP contribution is -2.31. The highest BCUT2D eigenvalue weighted by molar-refractivity contribution is 6.32. The van der Waals surface area contributed by atoms with Gasteiger partial charge in [0.2, 0.25) is 0 Å². The van der Waals surface area contributed by atoms with E-state index in [0.29, 0.717) is 35.3 Å². The molecule has 1 aliphatic rings. The van der Waals surface area contributed by atoms with E-state index in [1.807, 2.05) is 13.8 Å². The van der Waals surface area contributed by atoms with Crippen molar-refractivity contribution in [2.75, 3.05) is 19.8 Å². The summed E-state index contributed by atoms with van der Waals surface area (Å²) >= 11 is 6.27. The number of hydrogen-bond donors (Lipinski definition) is 1. The minimum absolute atomic E-state index is 0.0487. The van der Waals surface area contributed by atoms with Gasteiger partial charge in [0.15, 0.2) is 5.78 Å². The molecule has 4 nitrogen and oxygen atoms in total. The molecular formula is C17H24ClNO3. The molecule has 1 aromatic carbocycles. The van der Waals surface area contributed by atoms with Crippen LogP contribution in [0.25, 0.3) is 0 Å². The molecule has 1 aliphatic heterocycles. The number of ketones is 1. The molecule has 0 aromatic heterocycles. The molecule has 1 saturated heterocycles. The molecule has 1 unspecified atom stereocenters. The highest BCUT2D eigenvalue weighted by atomic mass is 35.5. The van der Waals surface area contributed by atoms with Crippen LogP contribution in [0.4, 0.5) is 0 Å². The normalized spacial score (nSPS) is 17.5. The zero-order valence-corrected chi connectivity index (χ0v) is 14.0. The van der Waals surface area contributed by atoms with Gasteiger partial charge in [-0.05, 0) is 38.3 Å². The lowest BCUT2D eigenvalue weighted by Gasteiger charge is -2.16. The smallest absolute Gasteiger partial charge is 0.183 e. The number of ether oxygens (including phenoxy) is 2. The molecule has 1 fully saturated rings. The minimum Gasteiger partial charge on any atom is -0.493 e. The van der Waals surface area contributed by atoms with Gasteiger partial charge in [-0.3, -0.25) is 4.79 Å². The van der Waals surface area contributed by atoms with Crippen molar-refractivity contribution >= 4 is 17.4 Å². The summed E-state index contributed by atoms with van der Waals surface area (Å²) in [6.45, 7) is 6.10. The Labute approximate surface area is 137 Å². The van der Waals surface area contributed by atoms with Gasteiger partial charge in [0.25, 0.3) is 0 Å². The van der Waals surface area contributed by atoms with E-state index < -0.39 is 0 Å². The number of rotatable bonds is 8. The zero-order chi connectivity index (χ0) is 15.9. The third kappa shape index (κ3) is 4.14. The van der Waals surface area contributed by atoms with E-state index in [9.17, 15) is 4.79 Å². The monoisotopic (exact) mass is 325 g/mol. The third-order valence-electron chi connectivity index (χ3n) is 3.60. The van der Waals surface area contributed by atoms with Gasteiger partial charge in [-0.2, -0.15) is 0 Å². The largest absolute Gasteiger partial charge is 0.493 e. The summed E-state index contributed by atoms with van der Waals surface area (Å²) in [6.07, 6.45) is 3.65. The molecule has 0 bridgehead atoms. The average Bonchev–Trinajstić information content (AvgIpc) is 3.06. The first-order chi connectivity index (χ1) is 10.7. The van der Waals surface area contributed by atoms with E-state index in [-0.39, 0.29) is 11.8 Å². The van der Waals surface area contributed by atoms with E-state index in [1.54, 1.807) is 12.1 Å². The number of halogens is 1. The summed E-state index contributed by atoms with van der Waals surface area (Å²) in [7, 11) is 0. The topological polar surface area (TPSA) is 47.6 Å². The van der Waals surface area contributed by atoms with Crippen LogP contribution in [0.1, 0.15) is 49.9 Å². The molecule has 1 atom stereocenters. The van der Waals surface area contributed by atoms with Gasteiger partial charge in [-0.1, -0.05) is 25.4 Å². The quantitative estimate of drug-likeness (QED) is 0.737. The van der Waals surface area contributed by atoms with Gasteiger partial charge in [-0.25, -0.2) is 0 Å². The molecule has 0 spiro atoms. The standard InChI is InChI=1S/C17H24ClNO3/c1-3-8-21-15-11-16(22-9-4-2)13(18)10-12(15)17(20)14-6-5-7-19-14/h10-11,14,19H,3-9H2,1-2H3. The molecule has 0 saturated carbocycles. The van der Waals surface area contributed by atoms with Gasteiger partial charge in [-0.15, -0.1) is 0 Å². The van der Waals surface area contributed by atoms with Crippen molar-refractivity contribution in [1.29, 1.82) is 0 Å². The SMILES string of the molecule is CCCOc1cc(OCCC)c(C(=O)C2CCCN2)cc1Cl. The molecule has 5 heteroatoms. The number of carbonyl (C=O) groups excluding carboxylic acids is 1. The lowest BCUT2D eigenvalue weighted by molar-refractivity contribution is 0.0948. The Hall–Kier alpha value is -1.26. The van der Waals surface area contributed by atoms with Crippen LogP contribution in [-0.4, -0.2) is 31.6 Å². The molecule has 1 heterocycles. The van der Waals surface area contributed by atoms with E-state index in [0.717, 1.165) is 32.2 Å². The predicted octanol–water partition coefficient (Wildman–Crippen LogP) is 3.85. The summed E-state index contributed by atoms with van der Waals surface area (Å²) in [6, 6.07) is 3.29. The summed E-state index contributed by atoms with van der Waals surface area (Å²) in [5.41, 5.74) is 0.543. The maximum atomic E-state index is 12.7. The van der Waals surface area contributed by atoms with Crippen LogP contribution >= 0.6 is 11.6 Å². The number of hydrogen-bond acceptors (Lipinski definition) is 4. The van der Waals surface area contributed by atoms with Gasteiger partial charge in [0.05, 0.1) is 29.8 Å². The first-order valence-corrected chi connectivity index (χ1v) is 8.41. The fourth-order valence-electron chi connectivity index (χ4n) is 2.48. The van der Waals surface area contributed by atoms with E-state index in [2.05, 4.69) is 5.32 Å². The van der Waals surface area contributed by atoms with Crippen LogP contribution in [0, 0.1) is 0 Å². The summed E-state index contributed by atoms with van der Waals surface area (Å²) < 4.78 is 11.4. The maximum Gasteiger partial charge on any atom is 0.183 e. The maximum absolute atomic E-state index is 12.7. The van der Waals surface area contributed by atoms with Gasteiger partial charge < -0.3 is 14.8 Å². The van der Waals surface area contributed by atoms with Crippen LogP contribution in [0.5, 0.6) is 11.5 Å². The zero-order valence-electron chi connectivity index (χ0n) is 13.3. The van der Waals surface area contributed by atoms with E-state index in [1.165, 1.54) is 0 Å². The van der Waals surface area contributed by atoms with Crippen LogP contribution in [0.15, 0.2) is 12.1 Å².